The Bertz CT molecular complexity index is 981. The van der Waals surface area contributed by atoms with Gasteiger partial charge >= 0.3 is 0 Å². The molecule has 1 heterocycles. The first-order valence-corrected chi connectivity index (χ1v) is 8.65. The van der Waals surface area contributed by atoms with Gasteiger partial charge in [0.05, 0.1) is 17.8 Å². The van der Waals surface area contributed by atoms with Gasteiger partial charge in [-0.25, -0.2) is 5.10 Å². The number of aromatic amines is 1. The van der Waals surface area contributed by atoms with Crippen molar-refractivity contribution in [3.63, 3.8) is 0 Å². The average Bonchev–Trinajstić information content (AvgIpc) is 2.95. The van der Waals surface area contributed by atoms with Gasteiger partial charge in [-0.1, -0.05) is 35.3 Å². The monoisotopic (exact) mass is 392 g/mol. The first kappa shape index (κ1) is 17.7. The quantitative estimate of drug-likeness (QED) is 0.479. The van der Waals surface area contributed by atoms with E-state index in [9.17, 15) is 0 Å². The highest BCUT2D eigenvalue weighted by Gasteiger charge is 2.12. The maximum absolute atomic E-state index is 6.27. The molecule has 0 atom stereocenters. The summed E-state index contributed by atoms with van der Waals surface area (Å²) in [6.07, 6.45) is 1.67. The van der Waals surface area contributed by atoms with Crippen molar-refractivity contribution in [3.8, 4) is 17.1 Å². The molecular weight excluding hydrogens is 379 g/mol. The number of benzene rings is 2. The van der Waals surface area contributed by atoms with E-state index < -0.39 is 0 Å². The Morgan fingerprint density at radius 3 is 2.84 bits per heavy atom. The first-order valence-electron chi connectivity index (χ1n) is 7.49. The Hall–Kier alpha value is -2.15. The van der Waals surface area contributed by atoms with E-state index in [0.29, 0.717) is 32.8 Å². The van der Waals surface area contributed by atoms with Gasteiger partial charge in [-0.2, -0.15) is 14.9 Å². The van der Waals surface area contributed by atoms with E-state index >= 15 is 0 Å². The molecule has 0 saturated heterocycles. The van der Waals surface area contributed by atoms with Crippen molar-refractivity contribution in [2.24, 2.45) is 5.10 Å². The zero-order valence-electron chi connectivity index (χ0n) is 13.2. The molecule has 0 fully saturated rings. The fourth-order valence-electron chi connectivity index (χ4n) is 2.24. The lowest BCUT2D eigenvalue weighted by atomic mass is 10.2. The molecule has 0 aliphatic heterocycles. The molecule has 8 heteroatoms. The summed E-state index contributed by atoms with van der Waals surface area (Å²) in [5.41, 5.74) is 1.51. The number of rotatable bonds is 5. The summed E-state index contributed by atoms with van der Waals surface area (Å²) in [7, 11) is 0. The van der Waals surface area contributed by atoms with E-state index in [1.165, 1.54) is 4.68 Å². The molecule has 0 radical (unpaired) electrons. The van der Waals surface area contributed by atoms with Crippen LogP contribution in [0.25, 0.3) is 11.4 Å². The van der Waals surface area contributed by atoms with E-state index in [1.54, 1.807) is 24.4 Å². The number of aromatic nitrogens is 3. The van der Waals surface area contributed by atoms with Gasteiger partial charge in [0, 0.05) is 16.1 Å². The van der Waals surface area contributed by atoms with Crippen LogP contribution in [-0.2, 0) is 0 Å². The van der Waals surface area contributed by atoms with Crippen molar-refractivity contribution in [2.75, 3.05) is 6.61 Å². The highest BCUT2D eigenvalue weighted by atomic mass is 35.5. The van der Waals surface area contributed by atoms with Crippen LogP contribution in [0.15, 0.2) is 47.6 Å². The van der Waals surface area contributed by atoms with Crippen LogP contribution in [0.2, 0.25) is 10.0 Å². The molecule has 1 N–H and O–H groups in total. The smallest absolute Gasteiger partial charge is 0.216 e. The van der Waals surface area contributed by atoms with Crippen LogP contribution in [0, 0.1) is 4.77 Å². The minimum absolute atomic E-state index is 0.353. The van der Waals surface area contributed by atoms with Gasteiger partial charge in [-0.3, -0.25) is 0 Å². The Kier molecular flexibility index (Phi) is 5.53. The third kappa shape index (κ3) is 3.92. The van der Waals surface area contributed by atoms with Crippen molar-refractivity contribution < 1.29 is 4.74 Å². The topological polar surface area (TPSA) is 55.2 Å². The molecule has 0 aliphatic rings. The molecule has 3 rings (SSSR count). The number of nitrogens with zero attached hydrogens (tertiary/aromatic N) is 3. The fraction of sp³-hybridized carbons (Fsp3) is 0.118. The van der Waals surface area contributed by atoms with Crippen molar-refractivity contribution >= 4 is 41.6 Å². The summed E-state index contributed by atoms with van der Waals surface area (Å²) >= 11 is 17.5. The highest BCUT2D eigenvalue weighted by molar-refractivity contribution is 7.71. The lowest BCUT2D eigenvalue weighted by Gasteiger charge is -2.06. The van der Waals surface area contributed by atoms with Gasteiger partial charge in [0.1, 0.15) is 5.75 Å². The lowest BCUT2D eigenvalue weighted by molar-refractivity contribution is 0.340. The lowest BCUT2D eigenvalue weighted by Crippen LogP contribution is -1.98. The van der Waals surface area contributed by atoms with Crippen LogP contribution in [0.4, 0.5) is 0 Å². The molecule has 2 aromatic carbocycles. The highest BCUT2D eigenvalue weighted by Crippen LogP contribution is 2.29. The second-order valence-electron chi connectivity index (χ2n) is 5.00. The summed E-state index contributed by atoms with van der Waals surface area (Å²) < 4.78 is 7.46. The van der Waals surface area contributed by atoms with Gasteiger partial charge in [-0.15, -0.1) is 0 Å². The summed E-state index contributed by atoms with van der Waals surface area (Å²) in [6.45, 7) is 2.50. The second kappa shape index (κ2) is 7.82. The normalized spacial score (nSPS) is 11.2. The number of ether oxygens (including phenoxy) is 1. The molecule has 0 saturated carbocycles. The van der Waals surface area contributed by atoms with Crippen LogP contribution in [-0.4, -0.2) is 27.7 Å². The van der Waals surface area contributed by atoms with E-state index in [0.717, 1.165) is 11.3 Å². The standard InChI is InChI=1S/C17H14Cl2N4OS/c1-2-24-15-6-4-3-5-11(15)10-20-23-16(21-22-17(23)25)13-8-7-12(18)9-14(13)19/h3-10H,2H2,1H3,(H,22,25)/b20-10-. The predicted molar refractivity (Wildman–Crippen MR) is 103 cm³/mol. The summed E-state index contributed by atoms with van der Waals surface area (Å²) in [5, 5.41) is 12.4. The molecule has 0 aliphatic carbocycles. The Balaban J connectivity index is 2.02. The van der Waals surface area contributed by atoms with Gasteiger partial charge in [0.25, 0.3) is 0 Å². The fourth-order valence-corrected chi connectivity index (χ4v) is 2.91. The Morgan fingerprint density at radius 1 is 1.28 bits per heavy atom. The minimum Gasteiger partial charge on any atom is -0.493 e. The molecular formula is C17H14Cl2N4OS. The Labute approximate surface area is 159 Å². The van der Waals surface area contributed by atoms with E-state index in [1.807, 2.05) is 31.2 Å². The number of halogens is 2. The van der Waals surface area contributed by atoms with Gasteiger partial charge < -0.3 is 4.74 Å². The molecule has 128 valence electrons. The van der Waals surface area contributed by atoms with Crippen molar-refractivity contribution in [1.82, 2.24) is 14.9 Å². The van der Waals surface area contributed by atoms with Crippen LogP contribution in [0.1, 0.15) is 12.5 Å². The summed E-state index contributed by atoms with van der Waals surface area (Å²) in [6, 6.07) is 12.8. The van der Waals surface area contributed by atoms with Gasteiger partial charge in [0.2, 0.25) is 4.77 Å². The van der Waals surface area contributed by atoms with Crippen LogP contribution in [0.3, 0.4) is 0 Å². The second-order valence-corrected chi connectivity index (χ2v) is 6.23. The predicted octanol–water partition coefficient (Wildman–Crippen LogP) is 5.20. The zero-order chi connectivity index (χ0) is 17.8. The maximum Gasteiger partial charge on any atom is 0.216 e. The van der Waals surface area contributed by atoms with E-state index in [-0.39, 0.29) is 0 Å². The average molecular weight is 393 g/mol. The van der Waals surface area contributed by atoms with E-state index in [2.05, 4.69) is 15.3 Å². The third-order valence-electron chi connectivity index (χ3n) is 3.35. The third-order valence-corrected chi connectivity index (χ3v) is 4.17. The first-order chi connectivity index (χ1) is 12.1. The summed E-state index contributed by atoms with van der Waals surface area (Å²) in [4.78, 5) is 0. The molecule has 0 amide bonds. The minimum atomic E-state index is 0.353. The molecule has 1 aromatic heterocycles. The van der Waals surface area contributed by atoms with Crippen molar-refractivity contribution in [3.05, 3.63) is 62.8 Å². The molecule has 25 heavy (non-hydrogen) atoms. The molecule has 0 unspecified atom stereocenters. The number of hydrogen-bond donors (Lipinski definition) is 1. The van der Waals surface area contributed by atoms with Crippen molar-refractivity contribution in [1.29, 1.82) is 0 Å². The van der Waals surface area contributed by atoms with Crippen LogP contribution < -0.4 is 4.74 Å². The van der Waals surface area contributed by atoms with Crippen molar-refractivity contribution in [2.45, 2.75) is 6.92 Å². The summed E-state index contributed by atoms with van der Waals surface area (Å²) in [5.74, 6) is 1.24. The largest absolute Gasteiger partial charge is 0.493 e. The zero-order valence-corrected chi connectivity index (χ0v) is 15.6. The molecule has 5 nitrogen and oxygen atoms in total. The van der Waals surface area contributed by atoms with Gasteiger partial charge in [-0.05, 0) is 49.5 Å². The molecule has 0 bridgehead atoms. The molecule has 0 spiro atoms. The number of nitrogens with one attached hydrogen (secondary N) is 1. The van der Waals surface area contributed by atoms with Crippen LogP contribution in [0.5, 0.6) is 5.75 Å². The number of para-hydroxylation sites is 1. The van der Waals surface area contributed by atoms with E-state index in [4.69, 9.17) is 40.2 Å². The maximum atomic E-state index is 6.27. The van der Waals surface area contributed by atoms with Crippen LogP contribution >= 0.6 is 35.4 Å². The Morgan fingerprint density at radius 2 is 2.08 bits per heavy atom. The number of H-pyrrole nitrogens is 1. The molecule has 3 aromatic rings. The number of hydrogen-bond acceptors (Lipinski definition) is 4. The van der Waals surface area contributed by atoms with Gasteiger partial charge in [0.15, 0.2) is 5.82 Å². The SMILES string of the molecule is CCOc1ccccc1/C=N\n1c(-c2ccc(Cl)cc2Cl)n[nH]c1=S.